The minimum absolute atomic E-state index is 0.265. The SMILES string of the molecule is CNc1ccc(C2Nc3ccc(OC)cc3S2)cc1C. The first kappa shape index (κ1) is 13.2. The number of thioether (sulfide) groups is 1. The maximum absolute atomic E-state index is 5.28. The summed E-state index contributed by atoms with van der Waals surface area (Å²) in [5, 5.41) is 7.02. The largest absolute Gasteiger partial charge is 0.497 e. The van der Waals surface area contributed by atoms with E-state index in [4.69, 9.17) is 4.74 Å². The van der Waals surface area contributed by atoms with E-state index in [9.17, 15) is 0 Å². The van der Waals surface area contributed by atoms with Gasteiger partial charge in [-0.25, -0.2) is 0 Å². The van der Waals surface area contributed by atoms with Crippen molar-refractivity contribution in [3.8, 4) is 5.75 Å². The Morgan fingerprint density at radius 3 is 2.75 bits per heavy atom. The van der Waals surface area contributed by atoms with Gasteiger partial charge in [0, 0.05) is 23.3 Å². The quantitative estimate of drug-likeness (QED) is 0.883. The molecule has 1 aliphatic rings. The van der Waals surface area contributed by atoms with Gasteiger partial charge in [-0.3, -0.25) is 0 Å². The maximum Gasteiger partial charge on any atom is 0.120 e. The Balaban J connectivity index is 1.86. The van der Waals surface area contributed by atoms with Crippen LogP contribution in [0.3, 0.4) is 0 Å². The summed E-state index contributed by atoms with van der Waals surface area (Å²) in [5.41, 5.74) is 4.91. The van der Waals surface area contributed by atoms with E-state index >= 15 is 0 Å². The first-order valence-electron chi connectivity index (χ1n) is 6.61. The van der Waals surface area contributed by atoms with Gasteiger partial charge in [-0.1, -0.05) is 23.9 Å². The number of methoxy groups -OCH3 is 1. The molecule has 1 heterocycles. The first-order chi connectivity index (χ1) is 9.71. The Kier molecular flexibility index (Phi) is 3.49. The van der Waals surface area contributed by atoms with Gasteiger partial charge in [-0.2, -0.15) is 0 Å². The lowest BCUT2D eigenvalue weighted by Crippen LogP contribution is -2.02. The summed E-state index contributed by atoms with van der Waals surface area (Å²) in [4.78, 5) is 1.24. The average molecular weight is 286 g/mol. The summed E-state index contributed by atoms with van der Waals surface area (Å²) in [5.74, 6) is 0.903. The van der Waals surface area contributed by atoms with Crippen LogP contribution in [0.15, 0.2) is 41.3 Å². The van der Waals surface area contributed by atoms with Crippen LogP contribution in [0.2, 0.25) is 0 Å². The molecule has 0 aliphatic carbocycles. The third-order valence-electron chi connectivity index (χ3n) is 3.54. The lowest BCUT2D eigenvalue weighted by Gasteiger charge is -2.13. The molecule has 0 saturated carbocycles. The monoisotopic (exact) mass is 286 g/mol. The van der Waals surface area contributed by atoms with E-state index < -0.39 is 0 Å². The van der Waals surface area contributed by atoms with Crippen molar-refractivity contribution >= 4 is 23.1 Å². The molecule has 0 aromatic heterocycles. The summed E-state index contributed by atoms with van der Waals surface area (Å²) < 4.78 is 5.28. The van der Waals surface area contributed by atoms with E-state index in [0.29, 0.717) is 0 Å². The second kappa shape index (κ2) is 5.29. The smallest absolute Gasteiger partial charge is 0.120 e. The van der Waals surface area contributed by atoms with Crippen LogP contribution in [-0.2, 0) is 0 Å². The topological polar surface area (TPSA) is 33.3 Å². The van der Waals surface area contributed by atoms with Crippen LogP contribution in [0, 0.1) is 6.92 Å². The van der Waals surface area contributed by atoms with E-state index in [0.717, 1.165) is 5.75 Å². The second-order valence-corrected chi connectivity index (χ2v) is 5.98. The van der Waals surface area contributed by atoms with Gasteiger partial charge in [-0.05, 0) is 42.3 Å². The summed E-state index contributed by atoms with van der Waals surface area (Å²) in [6.45, 7) is 2.13. The van der Waals surface area contributed by atoms with Crippen molar-refractivity contribution in [2.75, 3.05) is 24.8 Å². The highest BCUT2D eigenvalue weighted by Gasteiger charge is 2.23. The van der Waals surface area contributed by atoms with Gasteiger partial charge >= 0.3 is 0 Å². The van der Waals surface area contributed by atoms with Crippen molar-refractivity contribution in [3.63, 3.8) is 0 Å². The molecular formula is C16H18N2OS. The summed E-state index contributed by atoms with van der Waals surface area (Å²) in [7, 11) is 3.65. The van der Waals surface area contributed by atoms with Crippen LogP contribution in [-0.4, -0.2) is 14.2 Å². The van der Waals surface area contributed by atoms with Crippen molar-refractivity contribution in [2.45, 2.75) is 17.2 Å². The van der Waals surface area contributed by atoms with E-state index in [1.807, 2.05) is 24.9 Å². The molecule has 0 spiro atoms. The van der Waals surface area contributed by atoms with Gasteiger partial charge in [-0.15, -0.1) is 0 Å². The molecule has 0 fully saturated rings. The van der Waals surface area contributed by atoms with E-state index in [2.05, 4.69) is 47.9 Å². The van der Waals surface area contributed by atoms with E-state index in [1.165, 1.54) is 27.4 Å². The Morgan fingerprint density at radius 2 is 2.05 bits per heavy atom. The van der Waals surface area contributed by atoms with Crippen molar-refractivity contribution in [1.29, 1.82) is 0 Å². The lowest BCUT2D eigenvalue weighted by atomic mass is 10.1. The van der Waals surface area contributed by atoms with Crippen LogP contribution in [0.4, 0.5) is 11.4 Å². The molecule has 0 radical (unpaired) electrons. The molecule has 20 heavy (non-hydrogen) atoms. The number of nitrogens with one attached hydrogen (secondary N) is 2. The highest BCUT2D eigenvalue weighted by Crippen LogP contribution is 2.47. The van der Waals surface area contributed by atoms with Crippen LogP contribution >= 0.6 is 11.8 Å². The summed E-state index contributed by atoms with van der Waals surface area (Å²) in [6.07, 6.45) is 0. The number of ether oxygens (including phenoxy) is 1. The number of hydrogen-bond donors (Lipinski definition) is 2. The maximum atomic E-state index is 5.28. The van der Waals surface area contributed by atoms with Gasteiger partial charge in [0.1, 0.15) is 11.1 Å². The number of hydrogen-bond acceptors (Lipinski definition) is 4. The highest BCUT2D eigenvalue weighted by atomic mass is 32.2. The van der Waals surface area contributed by atoms with Gasteiger partial charge < -0.3 is 15.4 Å². The number of aryl methyl sites for hydroxylation is 1. The minimum atomic E-state index is 0.265. The molecule has 1 aliphatic heterocycles. The third-order valence-corrected chi connectivity index (χ3v) is 4.76. The Labute approximate surface area is 123 Å². The molecule has 1 atom stereocenters. The molecule has 0 amide bonds. The molecule has 0 bridgehead atoms. The molecule has 104 valence electrons. The molecule has 2 aromatic rings. The van der Waals surface area contributed by atoms with Crippen LogP contribution in [0.25, 0.3) is 0 Å². The second-order valence-electron chi connectivity index (χ2n) is 4.83. The fourth-order valence-electron chi connectivity index (χ4n) is 2.43. The molecular weight excluding hydrogens is 268 g/mol. The fourth-order valence-corrected chi connectivity index (χ4v) is 3.59. The summed E-state index contributed by atoms with van der Waals surface area (Å²) in [6, 6.07) is 12.7. The summed E-state index contributed by atoms with van der Waals surface area (Å²) >= 11 is 1.83. The standard InChI is InChI=1S/C16H18N2OS/c1-10-8-11(4-6-13(10)17-2)16-18-14-7-5-12(19-3)9-15(14)20-16/h4-9,16-18H,1-3H3. The third kappa shape index (κ3) is 2.31. The van der Waals surface area contributed by atoms with Gasteiger partial charge in [0.25, 0.3) is 0 Å². The zero-order valence-electron chi connectivity index (χ0n) is 11.9. The zero-order valence-corrected chi connectivity index (χ0v) is 12.7. The Morgan fingerprint density at radius 1 is 1.20 bits per heavy atom. The minimum Gasteiger partial charge on any atom is -0.497 e. The molecule has 3 nitrogen and oxygen atoms in total. The van der Waals surface area contributed by atoms with Crippen LogP contribution in [0.1, 0.15) is 16.5 Å². The molecule has 1 unspecified atom stereocenters. The first-order valence-corrected chi connectivity index (χ1v) is 7.49. The van der Waals surface area contributed by atoms with Crippen LogP contribution < -0.4 is 15.4 Å². The molecule has 2 aromatic carbocycles. The van der Waals surface area contributed by atoms with Crippen molar-refractivity contribution in [3.05, 3.63) is 47.5 Å². The number of benzene rings is 2. The zero-order chi connectivity index (χ0) is 14.1. The highest BCUT2D eigenvalue weighted by molar-refractivity contribution is 8.00. The van der Waals surface area contributed by atoms with E-state index in [1.54, 1.807) is 7.11 Å². The molecule has 2 N–H and O–H groups in total. The predicted molar refractivity (Wildman–Crippen MR) is 85.9 cm³/mol. The van der Waals surface area contributed by atoms with Crippen molar-refractivity contribution < 1.29 is 4.74 Å². The fraction of sp³-hybridized carbons (Fsp3) is 0.250. The number of anilines is 2. The molecule has 3 rings (SSSR count). The van der Waals surface area contributed by atoms with Crippen molar-refractivity contribution in [2.24, 2.45) is 0 Å². The van der Waals surface area contributed by atoms with Gasteiger partial charge in [0.15, 0.2) is 0 Å². The van der Waals surface area contributed by atoms with Gasteiger partial charge in [0.2, 0.25) is 0 Å². The number of fused-ring (bicyclic) bond motifs is 1. The molecule has 0 saturated heterocycles. The van der Waals surface area contributed by atoms with Gasteiger partial charge in [0.05, 0.1) is 7.11 Å². The number of rotatable bonds is 3. The van der Waals surface area contributed by atoms with Crippen molar-refractivity contribution in [1.82, 2.24) is 0 Å². The lowest BCUT2D eigenvalue weighted by molar-refractivity contribution is 0.414. The average Bonchev–Trinajstić information content (AvgIpc) is 2.89. The van der Waals surface area contributed by atoms with Crippen LogP contribution in [0.5, 0.6) is 5.75 Å². The predicted octanol–water partition coefficient (Wildman–Crippen LogP) is 4.26. The normalized spacial score (nSPS) is 16.4. The van der Waals surface area contributed by atoms with E-state index in [-0.39, 0.29) is 5.37 Å². The molecule has 4 heteroatoms. The Hall–Kier alpha value is -1.81. The Bertz CT molecular complexity index is 642.